The lowest BCUT2D eigenvalue weighted by Crippen LogP contribution is -2.15. The molecule has 0 fully saturated rings. The topological polar surface area (TPSA) is 79.7 Å². The van der Waals surface area contributed by atoms with Gasteiger partial charge in [0.1, 0.15) is 0 Å². The molecule has 0 radical (unpaired) electrons. The van der Waals surface area contributed by atoms with Crippen LogP contribution in [0.3, 0.4) is 0 Å². The second kappa shape index (κ2) is 14.2. The van der Waals surface area contributed by atoms with Gasteiger partial charge in [0, 0.05) is 44.8 Å². The second-order valence-corrected chi connectivity index (χ2v) is 15.3. The Morgan fingerprint density at radius 2 is 1.10 bits per heavy atom. The van der Waals surface area contributed by atoms with E-state index in [4.69, 9.17) is 26.5 Å². The van der Waals surface area contributed by atoms with Crippen molar-refractivity contribution in [3.8, 4) is 84.7 Å². The molecule has 0 spiro atoms. The first-order valence-corrected chi connectivity index (χ1v) is 19.5. The number of aromatic nitrogens is 4. The third-order valence-electron chi connectivity index (χ3n) is 11.4. The molecule has 7 aromatic carbocycles. The largest absolute Gasteiger partial charge is 0.256 e. The second-order valence-electron chi connectivity index (χ2n) is 15.3. The van der Waals surface area contributed by atoms with Crippen molar-refractivity contribution in [2.45, 2.75) is 19.3 Å². The van der Waals surface area contributed by atoms with Gasteiger partial charge in [-0.15, -0.1) is 0 Å². The van der Waals surface area contributed by atoms with Crippen LogP contribution in [-0.4, -0.2) is 19.9 Å². The molecular weight excluding hydrogens is 721 g/mol. The number of hydrogen-bond donors (Lipinski definition) is 0. The molecule has 0 unspecified atom stereocenters. The van der Waals surface area contributed by atoms with Crippen LogP contribution in [0.25, 0.3) is 94.4 Å². The zero-order valence-corrected chi connectivity index (χ0v) is 32.3. The normalized spacial score (nSPS) is 12.3. The molecular formula is C53H34N6. The van der Waals surface area contributed by atoms with Gasteiger partial charge in [0.25, 0.3) is 0 Å². The molecule has 2 heterocycles. The van der Waals surface area contributed by atoms with Crippen molar-refractivity contribution < 1.29 is 0 Å². The average Bonchev–Trinajstić information content (AvgIpc) is 3.53. The Kier molecular flexibility index (Phi) is 8.48. The lowest BCUT2D eigenvalue weighted by atomic mass is 9.81. The van der Waals surface area contributed by atoms with Crippen molar-refractivity contribution in [2.75, 3.05) is 0 Å². The number of para-hydroxylation sites is 1. The van der Waals surface area contributed by atoms with Gasteiger partial charge in [-0.3, -0.25) is 4.98 Å². The molecule has 59 heavy (non-hydrogen) atoms. The lowest BCUT2D eigenvalue weighted by Gasteiger charge is -2.22. The summed E-state index contributed by atoms with van der Waals surface area (Å²) in [5.41, 5.74) is 14.4. The maximum absolute atomic E-state index is 9.82. The van der Waals surface area contributed by atoms with E-state index in [1.807, 2.05) is 66.9 Å². The molecule has 1 aliphatic rings. The first kappa shape index (κ1) is 35.4. The maximum Gasteiger partial charge on any atom is 0.196 e. The molecule has 0 saturated heterocycles. The van der Waals surface area contributed by atoms with Gasteiger partial charge in [-0.2, -0.15) is 5.26 Å². The summed E-state index contributed by atoms with van der Waals surface area (Å²) in [6.45, 7) is 12.3. The van der Waals surface area contributed by atoms with Crippen LogP contribution in [0.1, 0.15) is 30.5 Å². The van der Waals surface area contributed by atoms with Gasteiger partial charge in [-0.05, 0) is 92.5 Å². The fourth-order valence-electron chi connectivity index (χ4n) is 8.37. The number of benzene rings is 7. The quantitative estimate of drug-likeness (QED) is 0.158. The Morgan fingerprint density at radius 3 is 1.81 bits per heavy atom. The van der Waals surface area contributed by atoms with Gasteiger partial charge < -0.3 is 0 Å². The summed E-state index contributed by atoms with van der Waals surface area (Å²) in [6, 6.07) is 57.9. The smallest absolute Gasteiger partial charge is 0.196 e. The van der Waals surface area contributed by atoms with Gasteiger partial charge >= 0.3 is 0 Å². The average molecular weight is 755 g/mol. The number of nitrogens with zero attached hydrogens (tertiary/aromatic N) is 6. The summed E-state index contributed by atoms with van der Waals surface area (Å²) in [4.78, 5) is 24.1. The molecule has 0 atom stereocenters. The highest BCUT2D eigenvalue weighted by Crippen LogP contribution is 2.53. The van der Waals surface area contributed by atoms with E-state index in [-0.39, 0.29) is 0 Å². The number of hydrogen-bond acceptors (Lipinski definition) is 5. The molecule has 6 nitrogen and oxygen atoms in total. The van der Waals surface area contributed by atoms with E-state index in [2.05, 4.69) is 122 Å². The highest BCUT2D eigenvalue weighted by Gasteiger charge is 2.37. The van der Waals surface area contributed by atoms with E-state index >= 15 is 0 Å². The van der Waals surface area contributed by atoms with Crippen molar-refractivity contribution in [3.05, 3.63) is 198 Å². The first-order valence-electron chi connectivity index (χ1n) is 19.5. The van der Waals surface area contributed by atoms with Crippen molar-refractivity contribution in [1.29, 1.82) is 5.26 Å². The molecule has 0 bridgehead atoms. The minimum Gasteiger partial charge on any atom is -0.256 e. The third-order valence-corrected chi connectivity index (χ3v) is 11.4. The number of fused-ring (bicyclic) bond motifs is 4. The Bertz CT molecular complexity index is 3190. The lowest BCUT2D eigenvalue weighted by molar-refractivity contribution is 0.660. The van der Waals surface area contributed by atoms with Gasteiger partial charge in [-0.1, -0.05) is 135 Å². The predicted molar refractivity (Wildman–Crippen MR) is 236 cm³/mol. The van der Waals surface area contributed by atoms with Crippen LogP contribution in [0.2, 0.25) is 0 Å². The van der Waals surface area contributed by atoms with Crippen molar-refractivity contribution in [3.63, 3.8) is 0 Å². The number of pyridine rings is 1. The molecule has 10 rings (SSSR count). The Labute approximate surface area is 342 Å². The SMILES string of the molecule is [C-]#[N+]c1cc(C#N)cc2c1-c1ccc(-c3cc(-c4nc(-c5ccccc5)nc(-c5ccc(-c6ccccc6)cc5)n4)cc(-c4cccc5cccnc45)c3)cc1C2(C)C. The fraction of sp³-hybridized carbons (Fsp3) is 0.0566. The summed E-state index contributed by atoms with van der Waals surface area (Å²) >= 11 is 0. The summed E-state index contributed by atoms with van der Waals surface area (Å²) in [5, 5.41) is 10.9. The molecule has 0 saturated carbocycles. The predicted octanol–water partition coefficient (Wildman–Crippen LogP) is 13.2. The van der Waals surface area contributed by atoms with E-state index in [1.165, 1.54) is 0 Å². The Hall–Kier alpha value is -8.06. The van der Waals surface area contributed by atoms with Crippen molar-refractivity contribution >= 4 is 16.6 Å². The summed E-state index contributed by atoms with van der Waals surface area (Å²) < 4.78 is 0. The van der Waals surface area contributed by atoms with E-state index in [9.17, 15) is 5.26 Å². The van der Waals surface area contributed by atoms with Gasteiger partial charge in [-0.25, -0.2) is 19.8 Å². The van der Waals surface area contributed by atoms with Crippen LogP contribution in [-0.2, 0) is 5.41 Å². The molecule has 0 amide bonds. The summed E-state index contributed by atoms with van der Waals surface area (Å²) in [6.07, 6.45) is 1.83. The monoisotopic (exact) mass is 754 g/mol. The molecule has 0 aliphatic heterocycles. The number of rotatable bonds is 6. The minimum atomic E-state index is -0.434. The third kappa shape index (κ3) is 6.21. The maximum atomic E-state index is 9.82. The molecule has 2 aromatic heterocycles. The summed E-state index contributed by atoms with van der Waals surface area (Å²) in [7, 11) is 0. The van der Waals surface area contributed by atoms with Crippen LogP contribution in [0.4, 0.5) is 5.69 Å². The molecule has 0 N–H and O–H groups in total. The Morgan fingerprint density at radius 1 is 0.508 bits per heavy atom. The number of nitriles is 1. The van der Waals surface area contributed by atoms with Gasteiger partial charge in [0.15, 0.2) is 23.2 Å². The molecule has 6 heteroatoms. The zero-order valence-electron chi connectivity index (χ0n) is 32.3. The van der Waals surface area contributed by atoms with Crippen molar-refractivity contribution in [1.82, 2.24) is 19.9 Å². The standard InChI is InChI=1S/C53H34N6/c1-53(2)45-31-39(23-24-44(45)48-46(53)26-33(32-54)27-47(48)55-3)40-28-41(43-18-10-16-36-17-11-25-56-49(36)43)30-42(29-40)52-58-50(37-14-8-5-9-15-37)57-51(59-52)38-21-19-35(20-22-38)34-12-6-4-7-13-34/h4-31H,1-2H3. The van der Waals surface area contributed by atoms with Crippen LogP contribution < -0.4 is 0 Å². The van der Waals surface area contributed by atoms with E-state index < -0.39 is 5.41 Å². The van der Waals surface area contributed by atoms with Crippen molar-refractivity contribution in [2.24, 2.45) is 0 Å². The fourth-order valence-corrected chi connectivity index (χ4v) is 8.37. The van der Waals surface area contributed by atoms with Crippen LogP contribution >= 0.6 is 0 Å². The van der Waals surface area contributed by atoms with Gasteiger partial charge in [0.2, 0.25) is 0 Å². The highest BCUT2D eigenvalue weighted by atomic mass is 15.0. The molecule has 276 valence electrons. The van der Waals surface area contributed by atoms with Gasteiger partial charge in [0.05, 0.1) is 18.2 Å². The molecule has 9 aromatic rings. The first-order chi connectivity index (χ1) is 28.9. The Balaban J connectivity index is 1.17. The summed E-state index contributed by atoms with van der Waals surface area (Å²) in [5.74, 6) is 1.72. The van der Waals surface area contributed by atoms with Crippen LogP contribution in [0.5, 0.6) is 0 Å². The van der Waals surface area contributed by atoms with E-state index in [0.29, 0.717) is 28.7 Å². The van der Waals surface area contributed by atoms with E-state index in [1.54, 1.807) is 6.07 Å². The minimum absolute atomic E-state index is 0.434. The zero-order chi connectivity index (χ0) is 40.1. The molecule has 1 aliphatic carbocycles. The van der Waals surface area contributed by atoms with Crippen LogP contribution in [0, 0.1) is 17.9 Å². The van der Waals surface area contributed by atoms with Crippen LogP contribution in [0.15, 0.2) is 170 Å². The van der Waals surface area contributed by atoms with E-state index in [0.717, 1.165) is 83.2 Å². The highest BCUT2D eigenvalue weighted by molar-refractivity contribution is 5.96.